The van der Waals surface area contributed by atoms with Crippen molar-refractivity contribution in [2.45, 2.75) is 25.3 Å². The first-order valence-electron chi connectivity index (χ1n) is 6.87. The van der Waals surface area contributed by atoms with Crippen molar-refractivity contribution in [3.05, 3.63) is 29.8 Å². The minimum absolute atomic E-state index is 0.257. The molecule has 0 fully saturated rings. The number of carbonyl (C=O) groups excluding carboxylic acids is 1. The summed E-state index contributed by atoms with van der Waals surface area (Å²) in [7, 11) is 0. The van der Waals surface area contributed by atoms with Gasteiger partial charge in [0, 0.05) is 6.08 Å². The molecule has 7 nitrogen and oxygen atoms in total. The number of phenols is 2. The summed E-state index contributed by atoms with van der Waals surface area (Å²) in [6.45, 7) is 0.477. The Labute approximate surface area is 128 Å². The maximum atomic E-state index is 11.7. The minimum atomic E-state index is -1.10. The summed E-state index contributed by atoms with van der Waals surface area (Å²) >= 11 is 0. The van der Waals surface area contributed by atoms with E-state index in [4.69, 9.17) is 10.8 Å². The highest BCUT2D eigenvalue weighted by Crippen LogP contribution is 2.25. The van der Waals surface area contributed by atoms with Gasteiger partial charge in [0.25, 0.3) is 0 Å². The minimum Gasteiger partial charge on any atom is -0.504 e. The van der Waals surface area contributed by atoms with E-state index in [1.165, 1.54) is 30.4 Å². The summed E-state index contributed by atoms with van der Waals surface area (Å²) < 4.78 is 0. The predicted octanol–water partition coefficient (Wildman–Crippen LogP) is 0.809. The number of carbonyl (C=O) groups is 2. The lowest BCUT2D eigenvalue weighted by molar-refractivity contribution is -0.141. The molecular formula is C15H20N2O5. The molecule has 1 atom stereocenters. The van der Waals surface area contributed by atoms with Gasteiger partial charge in [-0.1, -0.05) is 6.07 Å². The van der Waals surface area contributed by atoms with Crippen molar-refractivity contribution in [1.82, 2.24) is 5.32 Å². The van der Waals surface area contributed by atoms with Crippen LogP contribution in [0.3, 0.4) is 0 Å². The van der Waals surface area contributed by atoms with Gasteiger partial charge >= 0.3 is 5.97 Å². The Morgan fingerprint density at radius 3 is 2.55 bits per heavy atom. The number of rotatable bonds is 8. The van der Waals surface area contributed by atoms with Gasteiger partial charge in [-0.2, -0.15) is 0 Å². The molecular weight excluding hydrogens is 288 g/mol. The lowest BCUT2D eigenvalue weighted by Crippen LogP contribution is -2.39. The van der Waals surface area contributed by atoms with E-state index in [-0.39, 0.29) is 11.5 Å². The molecule has 0 unspecified atom stereocenters. The fourth-order valence-corrected chi connectivity index (χ4v) is 1.79. The molecule has 0 aliphatic heterocycles. The van der Waals surface area contributed by atoms with Crippen molar-refractivity contribution in [3.8, 4) is 11.5 Å². The molecule has 0 saturated heterocycles. The number of nitrogens with one attached hydrogen (secondary N) is 1. The van der Waals surface area contributed by atoms with Crippen molar-refractivity contribution in [1.29, 1.82) is 0 Å². The number of carboxylic acids is 1. The molecule has 22 heavy (non-hydrogen) atoms. The molecule has 0 aromatic heterocycles. The molecule has 0 saturated carbocycles. The number of unbranched alkanes of at least 4 members (excludes halogenated alkanes) is 1. The Balaban J connectivity index is 2.60. The van der Waals surface area contributed by atoms with Crippen LogP contribution in [0.1, 0.15) is 24.8 Å². The van der Waals surface area contributed by atoms with E-state index in [9.17, 15) is 19.8 Å². The Kier molecular flexibility index (Phi) is 6.91. The molecule has 1 amide bonds. The van der Waals surface area contributed by atoms with Gasteiger partial charge in [0.15, 0.2) is 11.5 Å². The van der Waals surface area contributed by atoms with Crippen LogP contribution in [0.4, 0.5) is 0 Å². The number of aliphatic carboxylic acids is 1. The van der Waals surface area contributed by atoms with Crippen LogP contribution in [0, 0.1) is 0 Å². The largest absolute Gasteiger partial charge is 0.504 e. The van der Waals surface area contributed by atoms with Gasteiger partial charge < -0.3 is 26.4 Å². The number of hydrogen-bond donors (Lipinski definition) is 5. The molecule has 6 N–H and O–H groups in total. The third kappa shape index (κ3) is 5.84. The lowest BCUT2D eigenvalue weighted by atomic mass is 10.1. The molecule has 0 bridgehead atoms. The van der Waals surface area contributed by atoms with Gasteiger partial charge in [-0.05, 0) is 49.6 Å². The Morgan fingerprint density at radius 2 is 1.95 bits per heavy atom. The van der Waals surface area contributed by atoms with E-state index in [0.29, 0.717) is 31.4 Å². The standard InChI is InChI=1S/C15H20N2O5/c16-8-2-1-3-11(15(21)22)17-14(20)7-5-10-4-6-12(18)13(19)9-10/h4-7,9,11,18-19H,1-3,8,16H2,(H,17,20)(H,21,22)/b7-5+/t11-/m0/s1. The highest BCUT2D eigenvalue weighted by Gasteiger charge is 2.17. The van der Waals surface area contributed by atoms with Crippen LogP contribution in [0.5, 0.6) is 11.5 Å². The first kappa shape index (κ1) is 17.5. The van der Waals surface area contributed by atoms with E-state index >= 15 is 0 Å². The fraction of sp³-hybridized carbons (Fsp3) is 0.333. The number of hydrogen-bond acceptors (Lipinski definition) is 5. The normalized spacial score (nSPS) is 12.2. The molecule has 0 heterocycles. The van der Waals surface area contributed by atoms with Crippen molar-refractivity contribution in [2.75, 3.05) is 6.54 Å². The van der Waals surface area contributed by atoms with E-state index in [0.717, 1.165) is 0 Å². The predicted molar refractivity (Wildman–Crippen MR) is 81.3 cm³/mol. The SMILES string of the molecule is NCCCC[C@H](NC(=O)/C=C/c1ccc(O)c(O)c1)C(=O)O. The highest BCUT2D eigenvalue weighted by molar-refractivity contribution is 5.94. The van der Waals surface area contributed by atoms with Crippen LogP contribution in [-0.4, -0.2) is 39.8 Å². The zero-order chi connectivity index (χ0) is 16.5. The molecule has 0 radical (unpaired) electrons. The van der Waals surface area contributed by atoms with Crippen molar-refractivity contribution in [2.24, 2.45) is 5.73 Å². The van der Waals surface area contributed by atoms with Gasteiger partial charge in [0.2, 0.25) is 5.91 Å². The van der Waals surface area contributed by atoms with Crippen LogP contribution in [0.2, 0.25) is 0 Å². The quantitative estimate of drug-likeness (QED) is 0.274. The number of benzene rings is 1. The van der Waals surface area contributed by atoms with E-state index in [2.05, 4.69) is 5.32 Å². The Bertz CT molecular complexity index is 557. The number of carboxylic acid groups (broad SMARTS) is 1. The lowest BCUT2D eigenvalue weighted by Gasteiger charge is -2.12. The summed E-state index contributed by atoms with van der Waals surface area (Å²) in [5.41, 5.74) is 5.84. The molecule has 0 spiro atoms. The second-order valence-corrected chi connectivity index (χ2v) is 4.77. The second-order valence-electron chi connectivity index (χ2n) is 4.77. The molecule has 1 aromatic carbocycles. The van der Waals surface area contributed by atoms with E-state index in [1.54, 1.807) is 0 Å². The summed E-state index contributed by atoms with van der Waals surface area (Å²) in [6.07, 6.45) is 4.20. The van der Waals surface area contributed by atoms with Crippen molar-refractivity contribution >= 4 is 18.0 Å². The van der Waals surface area contributed by atoms with Gasteiger partial charge in [0.1, 0.15) is 6.04 Å². The van der Waals surface area contributed by atoms with Crippen LogP contribution in [-0.2, 0) is 9.59 Å². The summed E-state index contributed by atoms with van der Waals surface area (Å²) in [5, 5.41) is 29.9. The molecule has 1 rings (SSSR count). The number of nitrogens with two attached hydrogens (primary N) is 1. The molecule has 0 aliphatic rings. The van der Waals surface area contributed by atoms with Crippen LogP contribution in [0.15, 0.2) is 24.3 Å². The number of phenolic OH excluding ortho intramolecular Hbond substituents is 2. The van der Waals surface area contributed by atoms with Crippen LogP contribution in [0.25, 0.3) is 6.08 Å². The fourth-order valence-electron chi connectivity index (χ4n) is 1.79. The van der Waals surface area contributed by atoms with Crippen molar-refractivity contribution < 1.29 is 24.9 Å². The Hall–Kier alpha value is -2.54. The Morgan fingerprint density at radius 1 is 1.23 bits per heavy atom. The first-order valence-corrected chi connectivity index (χ1v) is 6.87. The van der Waals surface area contributed by atoms with Crippen LogP contribution < -0.4 is 11.1 Å². The monoisotopic (exact) mass is 308 g/mol. The molecule has 0 aliphatic carbocycles. The maximum absolute atomic E-state index is 11.7. The zero-order valence-electron chi connectivity index (χ0n) is 12.0. The summed E-state index contributed by atoms with van der Waals surface area (Å²) in [6, 6.07) is 3.13. The summed E-state index contributed by atoms with van der Waals surface area (Å²) in [5.74, 6) is -2.20. The number of aromatic hydroxyl groups is 2. The average molecular weight is 308 g/mol. The van der Waals surface area contributed by atoms with Gasteiger partial charge in [-0.15, -0.1) is 0 Å². The topological polar surface area (TPSA) is 133 Å². The van der Waals surface area contributed by atoms with E-state index < -0.39 is 17.9 Å². The molecule has 7 heteroatoms. The maximum Gasteiger partial charge on any atom is 0.326 e. The average Bonchev–Trinajstić information content (AvgIpc) is 2.47. The molecule has 1 aromatic rings. The highest BCUT2D eigenvalue weighted by atomic mass is 16.4. The smallest absolute Gasteiger partial charge is 0.326 e. The van der Waals surface area contributed by atoms with Gasteiger partial charge in [0.05, 0.1) is 0 Å². The third-order valence-electron chi connectivity index (χ3n) is 2.99. The van der Waals surface area contributed by atoms with Crippen LogP contribution >= 0.6 is 0 Å². The van der Waals surface area contributed by atoms with Crippen molar-refractivity contribution in [3.63, 3.8) is 0 Å². The first-order chi connectivity index (χ1) is 10.4. The second kappa shape index (κ2) is 8.68. The van der Waals surface area contributed by atoms with Gasteiger partial charge in [-0.25, -0.2) is 4.79 Å². The third-order valence-corrected chi connectivity index (χ3v) is 2.99. The zero-order valence-corrected chi connectivity index (χ0v) is 12.0. The summed E-state index contributed by atoms with van der Waals surface area (Å²) in [4.78, 5) is 22.8. The van der Waals surface area contributed by atoms with E-state index in [1.807, 2.05) is 0 Å². The number of amides is 1. The van der Waals surface area contributed by atoms with Gasteiger partial charge in [-0.3, -0.25) is 4.79 Å². The molecule has 120 valence electrons.